The van der Waals surface area contributed by atoms with Gasteiger partial charge in [-0.25, -0.2) is 0 Å². The van der Waals surface area contributed by atoms with Crippen LogP contribution in [0.2, 0.25) is 0 Å². The van der Waals surface area contributed by atoms with Crippen molar-refractivity contribution < 1.29 is 4.79 Å². The smallest absolute Gasteiger partial charge is 0.251 e. The van der Waals surface area contributed by atoms with Crippen LogP contribution in [0.3, 0.4) is 0 Å². The Hall–Kier alpha value is -3.94. The number of anilines is 2. The van der Waals surface area contributed by atoms with Gasteiger partial charge in [0.1, 0.15) is 0 Å². The molecular weight excluding hydrogens is 378 g/mol. The van der Waals surface area contributed by atoms with Crippen LogP contribution in [0.1, 0.15) is 27.8 Å². The van der Waals surface area contributed by atoms with E-state index in [1.807, 2.05) is 62.8 Å². The van der Waals surface area contributed by atoms with Gasteiger partial charge >= 0.3 is 0 Å². The highest BCUT2D eigenvalue weighted by Crippen LogP contribution is 2.24. The number of para-hydroxylation sites is 1. The number of nitrogen functional groups attached to an aromatic ring is 1. The number of carbonyl (C=O) groups excluding carboxylic acids is 1. The fraction of sp³-hybridized carbons (Fsp3) is 0.182. The van der Waals surface area contributed by atoms with Crippen LogP contribution in [-0.4, -0.2) is 39.9 Å². The molecule has 0 aliphatic carbocycles. The molecule has 8 nitrogen and oxygen atoms in total. The van der Waals surface area contributed by atoms with E-state index in [-0.39, 0.29) is 11.9 Å². The first kappa shape index (κ1) is 19.4. The second kappa shape index (κ2) is 8.20. The summed E-state index contributed by atoms with van der Waals surface area (Å²) < 4.78 is 0. The Morgan fingerprint density at radius 2 is 1.80 bits per heavy atom. The minimum atomic E-state index is -0.485. The molecule has 4 N–H and O–H groups in total. The first-order valence-corrected chi connectivity index (χ1v) is 9.61. The zero-order valence-electron chi connectivity index (χ0n) is 16.8. The molecule has 0 spiro atoms. The van der Waals surface area contributed by atoms with Gasteiger partial charge in [-0.1, -0.05) is 36.4 Å². The van der Waals surface area contributed by atoms with Crippen LogP contribution in [0.15, 0.2) is 60.8 Å². The molecule has 0 fully saturated rings. The van der Waals surface area contributed by atoms with E-state index in [1.54, 1.807) is 17.0 Å². The molecule has 0 bridgehead atoms. The molecule has 4 aromatic rings. The zero-order valence-corrected chi connectivity index (χ0v) is 16.8. The molecule has 0 saturated carbocycles. The summed E-state index contributed by atoms with van der Waals surface area (Å²) in [6.07, 6.45) is 2.45. The number of carbonyl (C=O) groups is 1. The van der Waals surface area contributed by atoms with Crippen molar-refractivity contribution in [3.05, 3.63) is 77.7 Å². The van der Waals surface area contributed by atoms with Gasteiger partial charge in [0.25, 0.3) is 5.91 Å². The maximum Gasteiger partial charge on any atom is 0.251 e. The number of amides is 1. The van der Waals surface area contributed by atoms with E-state index >= 15 is 0 Å². The fourth-order valence-corrected chi connectivity index (χ4v) is 3.31. The molecule has 0 aliphatic heterocycles. The summed E-state index contributed by atoms with van der Waals surface area (Å²) >= 11 is 0. The average Bonchev–Trinajstić information content (AvgIpc) is 3.16. The Kier molecular flexibility index (Phi) is 5.30. The van der Waals surface area contributed by atoms with E-state index in [2.05, 4.69) is 25.3 Å². The summed E-state index contributed by atoms with van der Waals surface area (Å²) in [5, 5.41) is 4.16. The fourth-order valence-electron chi connectivity index (χ4n) is 3.31. The van der Waals surface area contributed by atoms with E-state index in [0.29, 0.717) is 23.8 Å². The lowest BCUT2D eigenvalue weighted by Crippen LogP contribution is -2.32. The number of hydrogen-bond donors (Lipinski definition) is 3. The molecule has 0 saturated heterocycles. The molecule has 8 heteroatoms. The highest BCUT2D eigenvalue weighted by atomic mass is 16.1. The SMILES string of the molecule is CN(C)c1nc(N)nc(C(Cc2c[nH]c3ccccc23)NC(=O)c2ccccc2)n1. The number of benzene rings is 2. The van der Waals surface area contributed by atoms with Gasteiger partial charge in [-0.3, -0.25) is 4.79 Å². The van der Waals surface area contributed by atoms with Gasteiger partial charge in [-0.15, -0.1) is 0 Å². The molecule has 1 unspecified atom stereocenters. The van der Waals surface area contributed by atoms with E-state index in [9.17, 15) is 4.79 Å². The van der Waals surface area contributed by atoms with E-state index in [1.165, 1.54) is 0 Å². The summed E-state index contributed by atoms with van der Waals surface area (Å²) in [6.45, 7) is 0. The molecule has 30 heavy (non-hydrogen) atoms. The van der Waals surface area contributed by atoms with Crippen molar-refractivity contribution in [2.45, 2.75) is 12.5 Å². The van der Waals surface area contributed by atoms with Gasteiger partial charge in [0.15, 0.2) is 5.82 Å². The third-order valence-electron chi connectivity index (χ3n) is 4.81. The standard InChI is InChI=1S/C22H23N7O/c1-29(2)22-27-19(26-21(23)28-22)18(25-20(30)14-8-4-3-5-9-14)12-15-13-24-17-11-7-6-10-16(15)17/h3-11,13,18,24H,12H2,1-2H3,(H,25,30)(H2,23,26,27,28). The molecule has 152 valence electrons. The van der Waals surface area contributed by atoms with Gasteiger partial charge in [-0.05, 0) is 23.8 Å². The van der Waals surface area contributed by atoms with Crippen LogP contribution < -0.4 is 16.0 Å². The van der Waals surface area contributed by atoms with Crippen LogP contribution in [-0.2, 0) is 6.42 Å². The predicted octanol–water partition coefficient (Wildman–Crippen LogP) is 2.71. The number of aromatic nitrogens is 4. The summed E-state index contributed by atoms with van der Waals surface area (Å²) in [7, 11) is 3.66. The number of rotatable bonds is 6. The highest BCUT2D eigenvalue weighted by Gasteiger charge is 2.22. The maximum absolute atomic E-state index is 12.9. The minimum absolute atomic E-state index is 0.113. The average molecular weight is 401 g/mol. The first-order valence-electron chi connectivity index (χ1n) is 9.61. The Morgan fingerprint density at radius 3 is 2.57 bits per heavy atom. The summed E-state index contributed by atoms with van der Waals surface area (Å²) in [5.74, 6) is 0.767. The van der Waals surface area contributed by atoms with Crippen molar-refractivity contribution in [2.24, 2.45) is 0 Å². The summed E-state index contributed by atoms with van der Waals surface area (Å²) in [6, 6.07) is 16.6. The maximum atomic E-state index is 12.9. The number of fused-ring (bicyclic) bond motifs is 1. The van der Waals surface area contributed by atoms with Gasteiger partial charge in [0, 0.05) is 43.2 Å². The Morgan fingerprint density at radius 1 is 1.07 bits per heavy atom. The second-order valence-electron chi connectivity index (χ2n) is 7.20. The lowest BCUT2D eigenvalue weighted by atomic mass is 10.0. The topological polar surface area (TPSA) is 113 Å². The van der Waals surface area contributed by atoms with Crippen LogP contribution in [0.5, 0.6) is 0 Å². The molecule has 4 rings (SSSR count). The van der Waals surface area contributed by atoms with Crippen LogP contribution in [0.25, 0.3) is 10.9 Å². The van der Waals surface area contributed by atoms with E-state index in [0.717, 1.165) is 16.5 Å². The predicted molar refractivity (Wildman–Crippen MR) is 117 cm³/mol. The summed E-state index contributed by atoms with van der Waals surface area (Å²) in [5.41, 5.74) is 8.58. The van der Waals surface area contributed by atoms with Crippen LogP contribution in [0, 0.1) is 0 Å². The quantitative estimate of drug-likeness (QED) is 0.458. The number of nitrogens with two attached hydrogens (primary N) is 1. The van der Waals surface area contributed by atoms with Crippen molar-refractivity contribution >= 4 is 28.7 Å². The molecule has 2 heterocycles. The molecular formula is C22H23N7O. The Bertz CT molecular complexity index is 1170. The highest BCUT2D eigenvalue weighted by molar-refractivity contribution is 5.94. The van der Waals surface area contributed by atoms with Gasteiger partial charge < -0.3 is 20.9 Å². The lowest BCUT2D eigenvalue weighted by Gasteiger charge is -2.19. The normalized spacial score (nSPS) is 11.9. The lowest BCUT2D eigenvalue weighted by molar-refractivity contribution is 0.0934. The molecule has 1 atom stereocenters. The monoisotopic (exact) mass is 401 g/mol. The number of nitrogens with one attached hydrogen (secondary N) is 2. The molecule has 0 radical (unpaired) electrons. The largest absolute Gasteiger partial charge is 0.368 e. The van der Waals surface area contributed by atoms with Crippen molar-refractivity contribution in [2.75, 3.05) is 24.7 Å². The Balaban J connectivity index is 1.72. The Labute approximate surface area is 174 Å². The van der Waals surface area contributed by atoms with Crippen molar-refractivity contribution in [1.82, 2.24) is 25.3 Å². The van der Waals surface area contributed by atoms with Gasteiger partial charge in [0.2, 0.25) is 11.9 Å². The number of H-pyrrole nitrogens is 1. The minimum Gasteiger partial charge on any atom is -0.368 e. The molecule has 2 aromatic carbocycles. The van der Waals surface area contributed by atoms with E-state index in [4.69, 9.17) is 5.73 Å². The second-order valence-corrected chi connectivity index (χ2v) is 7.20. The van der Waals surface area contributed by atoms with Crippen molar-refractivity contribution in [3.8, 4) is 0 Å². The molecule has 0 aliphatic rings. The zero-order chi connectivity index (χ0) is 21.1. The van der Waals surface area contributed by atoms with Gasteiger partial charge in [-0.2, -0.15) is 15.0 Å². The van der Waals surface area contributed by atoms with E-state index < -0.39 is 6.04 Å². The third kappa shape index (κ3) is 4.07. The number of nitrogens with zero attached hydrogens (tertiary/aromatic N) is 4. The van der Waals surface area contributed by atoms with Gasteiger partial charge in [0.05, 0.1) is 6.04 Å². The van der Waals surface area contributed by atoms with Crippen molar-refractivity contribution in [1.29, 1.82) is 0 Å². The van der Waals surface area contributed by atoms with Crippen LogP contribution in [0.4, 0.5) is 11.9 Å². The third-order valence-corrected chi connectivity index (χ3v) is 4.81. The molecule has 2 aromatic heterocycles. The van der Waals surface area contributed by atoms with Crippen LogP contribution >= 0.6 is 0 Å². The molecule has 1 amide bonds. The summed E-state index contributed by atoms with van der Waals surface area (Å²) in [4.78, 5) is 30.9. The number of hydrogen-bond acceptors (Lipinski definition) is 6. The number of aromatic amines is 1. The van der Waals surface area contributed by atoms with Crippen molar-refractivity contribution in [3.63, 3.8) is 0 Å². The first-order chi connectivity index (χ1) is 14.5.